The van der Waals surface area contributed by atoms with Gasteiger partial charge in [-0.3, -0.25) is 14.4 Å². The highest BCUT2D eigenvalue weighted by Crippen LogP contribution is 2.39. The van der Waals surface area contributed by atoms with Gasteiger partial charge in [0.15, 0.2) is 0 Å². The average molecular weight is 475 g/mol. The number of anilines is 1. The van der Waals surface area contributed by atoms with Crippen LogP contribution in [-0.2, 0) is 14.4 Å². The van der Waals surface area contributed by atoms with E-state index in [-0.39, 0.29) is 17.7 Å². The first kappa shape index (κ1) is 24.6. The van der Waals surface area contributed by atoms with Gasteiger partial charge in [-0.15, -0.1) is 0 Å². The highest BCUT2D eigenvalue weighted by atomic mass is 16.2. The van der Waals surface area contributed by atoms with Crippen molar-refractivity contribution in [2.45, 2.75) is 45.7 Å². The van der Waals surface area contributed by atoms with Crippen LogP contribution in [0, 0.1) is 23.7 Å². The third-order valence-corrected chi connectivity index (χ3v) is 6.87. The van der Waals surface area contributed by atoms with Gasteiger partial charge in [0.25, 0.3) is 5.91 Å². The van der Waals surface area contributed by atoms with E-state index in [1.807, 2.05) is 68.4 Å². The maximum atomic E-state index is 13.6. The van der Waals surface area contributed by atoms with Crippen LogP contribution < -0.4 is 16.0 Å². The number of nitrogens with two attached hydrogens (primary N) is 1. The first-order valence-corrected chi connectivity index (χ1v) is 12.4. The van der Waals surface area contributed by atoms with Crippen molar-refractivity contribution in [3.05, 3.63) is 65.7 Å². The summed E-state index contributed by atoms with van der Waals surface area (Å²) in [7, 11) is 1.69. The molecular weight excluding hydrogens is 440 g/mol. The summed E-state index contributed by atoms with van der Waals surface area (Å²) in [5.41, 5.74) is 8.79. The lowest BCUT2D eigenvalue weighted by molar-refractivity contribution is -0.136. The first-order valence-electron chi connectivity index (χ1n) is 12.4. The third-order valence-electron chi connectivity index (χ3n) is 6.87. The van der Waals surface area contributed by atoms with Crippen LogP contribution in [0.25, 0.3) is 0 Å². The molecule has 184 valence electrons. The van der Waals surface area contributed by atoms with Crippen molar-refractivity contribution in [2.75, 3.05) is 11.9 Å². The molecule has 0 spiro atoms. The zero-order chi connectivity index (χ0) is 25.1. The molecule has 0 bridgehead atoms. The number of primary amides is 1. The van der Waals surface area contributed by atoms with Crippen LogP contribution in [0.2, 0.25) is 0 Å². The summed E-state index contributed by atoms with van der Waals surface area (Å²) in [6.45, 7) is 4.03. The molecule has 2 aromatic rings. The van der Waals surface area contributed by atoms with Crippen LogP contribution in [0.4, 0.5) is 5.69 Å². The van der Waals surface area contributed by atoms with Crippen molar-refractivity contribution in [1.82, 2.24) is 5.32 Å². The molecule has 3 atom stereocenters. The Morgan fingerprint density at radius 1 is 1.06 bits per heavy atom. The van der Waals surface area contributed by atoms with Crippen molar-refractivity contribution < 1.29 is 14.4 Å². The van der Waals surface area contributed by atoms with E-state index in [2.05, 4.69) is 5.32 Å². The van der Waals surface area contributed by atoms with Gasteiger partial charge in [0.1, 0.15) is 0 Å². The molecule has 2 aromatic carbocycles. The van der Waals surface area contributed by atoms with Crippen LogP contribution >= 0.6 is 0 Å². The van der Waals surface area contributed by atoms with Crippen molar-refractivity contribution >= 4 is 29.1 Å². The molecule has 4 rings (SSSR count). The lowest BCUT2D eigenvalue weighted by atomic mass is 9.81. The van der Waals surface area contributed by atoms with Gasteiger partial charge >= 0.3 is 0 Å². The van der Waals surface area contributed by atoms with E-state index in [9.17, 15) is 14.4 Å². The molecule has 1 saturated carbocycles. The summed E-state index contributed by atoms with van der Waals surface area (Å²) in [5, 5.41) is 2.88. The first-order chi connectivity index (χ1) is 16.8. The molecule has 0 saturated heterocycles. The largest absolute Gasteiger partial charge is 0.369 e. The lowest BCUT2D eigenvalue weighted by Crippen LogP contribution is -2.50. The van der Waals surface area contributed by atoms with Gasteiger partial charge in [-0.25, -0.2) is 4.99 Å². The zero-order valence-corrected chi connectivity index (χ0v) is 20.6. The minimum Gasteiger partial charge on any atom is -0.369 e. The Labute approximate surface area is 206 Å². The molecule has 0 radical (unpaired) electrons. The highest BCUT2D eigenvalue weighted by Gasteiger charge is 2.39. The van der Waals surface area contributed by atoms with Gasteiger partial charge in [0.05, 0.1) is 11.4 Å². The molecular formula is C28H34N4O3. The maximum absolute atomic E-state index is 13.6. The molecule has 1 heterocycles. The second-order valence-electron chi connectivity index (χ2n) is 10.1. The summed E-state index contributed by atoms with van der Waals surface area (Å²) in [6, 6.07) is 17.2. The standard InChI is InChI=1S/C28H34N4O3/c1-17(2)15-22(21(25(29)33)16-18-13-14-18)27(34)31-26-28(35)32(3)23-12-8-7-11-20(23)24(30-26)19-9-5-4-6-10-19/h4-12,17-18,21-22,26H,13-16H2,1-3H3,(H2,29,33)(H,31,34)/t21?,22?,26-/m1/s1. The second kappa shape index (κ2) is 10.4. The van der Waals surface area contributed by atoms with E-state index in [1.165, 1.54) is 4.90 Å². The topological polar surface area (TPSA) is 105 Å². The number of fused-ring (bicyclic) bond motifs is 1. The number of hydrogen-bond donors (Lipinski definition) is 2. The quantitative estimate of drug-likeness (QED) is 0.581. The number of para-hydroxylation sites is 1. The normalized spacial score (nSPS) is 19.4. The van der Waals surface area contributed by atoms with Gasteiger partial charge in [-0.2, -0.15) is 0 Å². The van der Waals surface area contributed by atoms with E-state index in [4.69, 9.17) is 10.7 Å². The molecule has 7 heteroatoms. The van der Waals surface area contributed by atoms with Crippen molar-refractivity contribution in [3.63, 3.8) is 0 Å². The van der Waals surface area contributed by atoms with E-state index in [0.717, 1.165) is 29.7 Å². The van der Waals surface area contributed by atoms with Crippen LogP contribution in [0.1, 0.15) is 50.7 Å². The predicted molar refractivity (Wildman–Crippen MR) is 137 cm³/mol. The third kappa shape index (κ3) is 5.61. The van der Waals surface area contributed by atoms with Gasteiger partial charge in [-0.05, 0) is 30.7 Å². The van der Waals surface area contributed by atoms with E-state index >= 15 is 0 Å². The van der Waals surface area contributed by atoms with Gasteiger partial charge in [0, 0.05) is 30.0 Å². The summed E-state index contributed by atoms with van der Waals surface area (Å²) < 4.78 is 0. The number of likely N-dealkylation sites (N-methyl/N-ethyl adjacent to an activating group) is 1. The molecule has 2 unspecified atom stereocenters. The highest BCUT2D eigenvalue weighted by molar-refractivity contribution is 6.20. The smallest absolute Gasteiger partial charge is 0.272 e. The summed E-state index contributed by atoms with van der Waals surface area (Å²) in [4.78, 5) is 45.8. The second-order valence-corrected chi connectivity index (χ2v) is 10.1. The summed E-state index contributed by atoms with van der Waals surface area (Å²) >= 11 is 0. The molecule has 7 nitrogen and oxygen atoms in total. The molecule has 0 aromatic heterocycles. The Morgan fingerprint density at radius 3 is 2.34 bits per heavy atom. The number of carbonyl (C=O) groups excluding carboxylic acids is 3. The molecule has 1 aliphatic carbocycles. The number of amides is 3. The summed E-state index contributed by atoms with van der Waals surface area (Å²) in [6.07, 6.45) is 2.14. The maximum Gasteiger partial charge on any atom is 0.272 e. The fraction of sp³-hybridized carbons (Fsp3) is 0.429. The van der Waals surface area contributed by atoms with Crippen LogP contribution in [0.5, 0.6) is 0 Å². The van der Waals surface area contributed by atoms with Crippen molar-refractivity contribution in [2.24, 2.45) is 34.4 Å². The Kier molecular flexibility index (Phi) is 7.34. The van der Waals surface area contributed by atoms with E-state index in [1.54, 1.807) is 7.05 Å². The molecule has 3 amide bonds. The van der Waals surface area contributed by atoms with Crippen molar-refractivity contribution in [1.29, 1.82) is 0 Å². The van der Waals surface area contributed by atoms with Crippen LogP contribution in [0.3, 0.4) is 0 Å². The number of rotatable bonds is 9. The Bertz CT molecular complexity index is 1120. The van der Waals surface area contributed by atoms with E-state index in [0.29, 0.717) is 24.5 Å². The van der Waals surface area contributed by atoms with E-state index < -0.39 is 23.9 Å². The Hall–Kier alpha value is -3.48. The number of nitrogens with one attached hydrogen (secondary N) is 1. The van der Waals surface area contributed by atoms with Crippen LogP contribution in [0.15, 0.2) is 59.6 Å². The van der Waals surface area contributed by atoms with Gasteiger partial charge < -0.3 is 16.0 Å². The zero-order valence-electron chi connectivity index (χ0n) is 20.6. The fourth-order valence-corrected chi connectivity index (χ4v) is 4.84. The predicted octanol–water partition coefficient (Wildman–Crippen LogP) is 3.51. The Balaban J connectivity index is 1.69. The number of hydrogen-bond acceptors (Lipinski definition) is 4. The minimum absolute atomic E-state index is 0.187. The molecule has 35 heavy (non-hydrogen) atoms. The van der Waals surface area contributed by atoms with Gasteiger partial charge in [0.2, 0.25) is 18.0 Å². The fourth-order valence-electron chi connectivity index (χ4n) is 4.84. The lowest BCUT2D eigenvalue weighted by Gasteiger charge is -2.27. The molecule has 1 fully saturated rings. The number of carbonyl (C=O) groups is 3. The Morgan fingerprint density at radius 2 is 1.71 bits per heavy atom. The van der Waals surface area contributed by atoms with Gasteiger partial charge in [-0.1, -0.05) is 75.2 Å². The average Bonchev–Trinajstić information content (AvgIpc) is 3.67. The number of aliphatic imine (C=N–C) groups is 1. The SMILES string of the molecule is CC(C)CC(C(=O)N[C@H]1N=C(c2ccccc2)c2ccccc2N(C)C1=O)C(CC1CC1)C(N)=O. The number of benzene rings is 2. The molecule has 2 aliphatic rings. The van der Waals surface area contributed by atoms with Crippen LogP contribution in [-0.4, -0.2) is 36.6 Å². The number of benzodiazepines with no additional fused rings is 1. The monoisotopic (exact) mass is 474 g/mol. The number of nitrogens with zero attached hydrogens (tertiary/aromatic N) is 2. The van der Waals surface area contributed by atoms with Crippen molar-refractivity contribution in [3.8, 4) is 0 Å². The summed E-state index contributed by atoms with van der Waals surface area (Å²) in [5.74, 6) is -1.67. The molecule has 1 aliphatic heterocycles. The molecule has 3 N–H and O–H groups in total. The minimum atomic E-state index is -1.11.